The molecule has 1 unspecified atom stereocenters. The first kappa shape index (κ1) is 18.9. The summed E-state index contributed by atoms with van der Waals surface area (Å²) in [6.45, 7) is 5.55. The summed E-state index contributed by atoms with van der Waals surface area (Å²) in [6, 6.07) is 10.3. The molecule has 0 fully saturated rings. The Morgan fingerprint density at radius 1 is 1.09 bits per heavy atom. The predicted octanol–water partition coefficient (Wildman–Crippen LogP) is 4.77. The summed E-state index contributed by atoms with van der Waals surface area (Å²) in [7, 11) is 0. The number of para-hydroxylation sites is 1. The van der Waals surface area contributed by atoms with Gasteiger partial charge in [0.15, 0.2) is 0 Å². The molecule has 32 heavy (non-hydrogen) atoms. The minimum Gasteiger partial charge on any atom is -0.341 e. The molecule has 6 rings (SSSR count). The van der Waals surface area contributed by atoms with Gasteiger partial charge in [-0.2, -0.15) is 5.26 Å². The average Bonchev–Trinajstić information content (AvgIpc) is 3.38. The van der Waals surface area contributed by atoms with Crippen LogP contribution in [0.15, 0.2) is 30.3 Å². The molecule has 158 valence electrons. The van der Waals surface area contributed by atoms with Crippen molar-refractivity contribution in [1.82, 2.24) is 14.5 Å². The van der Waals surface area contributed by atoms with Crippen LogP contribution in [0, 0.1) is 17.2 Å². The normalized spacial score (nSPS) is 17.2. The summed E-state index contributed by atoms with van der Waals surface area (Å²) in [5, 5.41) is 14.6. The summed E-state index contributed by atoms with van der Waals surface area (Å²) >= 11 is 0. The van der Waals surface area contributed by atoms with E-state index in [0.29, 0.717) is 30.0 Å². The zero-order chi connectivity index (χ0) is 22.1. The first-order valence-electron chi connectivity index (χ1n) is 11.1. The van der Waals surface area contributed by atoms with Crippen molar-refractivity contribution in [1.29, 1.82) is 5.26 Å². The zero-order valence-corrected chi connectivity index (χ0v) is 18.0. The van der Waals surface area contributed by atoms with Gasteiger partial charge in [-0.3, -0.25) is 14.9 Å². The van der Waals surface area contributed by atoms with Crippen molar-refractivity contribution in [2.75, 3.05) is 0 Å². The largest absolute Gasteiger partial charge is 0.341 e. The van der Waals surface area contributed by atoms with Gasteiger partial charge in [-0.25, -0.2) is 0 Å². The van der Waals surface area contributed by atoms with Gasteiger partial charge in [-0.15, -0.1) is 0 Å². The van der Waals surface area contributed by atoms with Crippen LogP contribution in [0.4, 0.5) is 0 Å². The fourth-order valence-corrected chi connectivity index (χ4v) is 5.69. The molecule has 1 atom stereocenters. The third-order valence-corrected chi connectivity index (χ3v) is 6.91. The molecule has 0 spiro atoms. The van der Waals surface area contributed by atoms with Gasteiger partial charge >= 0.3 is 0 Å². The van der Waals surface area contributed by atoms with Crippen LogP contribution in [-0.4, -0.2) is 20.9 Å². The smallest absolute Gasteiger partial charge is 0.259 e. The molecule has 3 heterocycles. The van der Waals surface area contributed by atoms with Crippen molar-refractivity contribution >= 4 is 50.6 Å². The van der Waals surface area contributed by atoms with Crippen molar-refractivity contribution in [3.05, 3.63) is 52.7 Å². The monoisotopic (exact) mass is 422 g/mol. The Labute approximate surface area is 184 Å². The number of benzene rings is 2. The number of rotatable bonds is 3. The minimum absolute atomic E-state index is 0.331. The molecule has 6 heteroatoms. The van der Waals surface area contributed by atoms with E-state index in [1.54, 1.807) is 0 Å². The number of aryl methyl sites for hydroxylation is 2. The molecule has 2 aromatic carbocycles. The second-order valence-corrected chi connectivity index (χ2v) is 8.70. The molecule has 4 aromatic rings. The van der Waals surface area contributed by atoms with Crippen LogP contribution in [0.5, 0.6) is 0 Å². The predicted molar refractivity (Wildman–Crippen MR) is 125 cm³/mol. The fraction of sp³-hybridized carbons (Fsp3) is 0.269. The summed E-state index contributed by atoms with van der Waals surface area (Å²) in [5.41, 5.74) is 6.07. The lowest BCUT2D eigenvalue weighted by Crippen LogP contribution is -2.20. The Morgan fingerprint density at radius 2 is 1.81 bits per heavy atom. The Kier molecular flexibility index (Phi) is 3.88. The van der Waals surface area contributed by atoms with E-state index in [9.17, 15) is 14.9 Å². The summed E-state index contributed by atoms with van der Waals surface area (Å²) < 4.78 is 4.47. The highest BCUT2D eigenvalue weighted by atomic mass is 16.2. The lowest BCUT2D eigenvalue weighted by molar-refractivity contribution is 0.0880. The molecule has 1 aliphatic heterocycles. The number of nitrogens with zero attached hydrogens (tertiary/aromatic N) is 3. The van der Waals surface area contributed by atoms with Gasteiger partial charge < -0.3 is 9.13 Å². The van der Waals surface area contributed by atoms with Gasteiger partial charge in [0, 0.05) is 46.0 Å². The Balaban J connectivity index is 1.95. The minimum atomic E-state index is -0.336. The van der Waals surface area contributed by atoms with E-state index < -0.39 is 0 Å². The molecule has 2 amide bonds. The van der Waals surface area contributed by atoms with Gasteiger partial charge in [0.1, 0.15) is 0 Å². The van der Waals surface area contributed by atoms with Crippen LogP contribution in [0.25, 0.3) is 38.8 Å². The first-order chi connectivity index (χ1) is 15.6. The lowest BCUT2D eigenvalue weighted by atomic mass is 9.91. The van der Waals surface area contributed by atoms with Crippen molar-refractivity contribution in [3.8, 4) is 6.07 Å². The number of hydrogen-bond donors (Lipinski definition) is 1. The Bertz CT molecular complexity index is 1580. The van der Waals surface area contributed by atoms with Crippen LogP contribution < -0.4 is 5.32 Å². The van der Waals surface area contributed by atoms with Crippen LogP contribution in [0.2, 0.25) is 0 Å². The van der Waals surface area contributed by atoms with Crippen LogP contribution >= 0.6 is 0 Å². The van der Waals surface area contributed by atoms with Crippen molar-refractivity contribution in [2.24, 2.45) is 5.92 Å². The third-order valence-electron chi connectivity index (χ3n) is 6.91. The Morgan fingerprint density at radius 3 is 2.56 bits per heavy atom. The number of imide groups is 1. The van der Waals surface area contributed by atoms with Crippen molar-refractivity contribution in [2.45, 2.75) is 39.8 Å². The molecule has 2 aliphatic rings. The average molecular weight is 422 g/mol. The number of fused-ring (bicyclic) bond motifs is 10. The number of carbonyl (C=O) groups is 2. The fourth-order valence-electron chi connectivity index (χ4n) is 5.69. The van der Waals surface area contributed by atoms with Crippen molar-refractivity contribution < 1.29 is 9.59 Å². The highest BCUT2D eigenvalue weighted by molar-refractivity contribution is 6.37. The standard InChI is InChI=1S/C26H22N4O2/c1-3-29-17-8-5-4-7-15(17)19-21-22(26(32)28-25(21)31)20-16-10-9-14(2)13-18(16)30(12-6-11-27)24(20)23(19)29/h4-5,7-10,14H,3,6,12-13H2,1-2H3,(H,28,31,32). The van der Waals surface area contributed by atoms with E-state index in [1.807, 2.05) is 18.2 Å². The van der Waals surface area contributed by atoms with E-state index in [0.717, 1.165) is 56.9 Å². The number of carbonyl (C=O) groups excluding carboxylic acids is 2. The van der Waals surface area contributed by atoms with Crippen LogP contribution in [0.1, 0.15) is 52.2 Å². The first-order valence-corrected chi connectivity index (χ1v) is 11.1. The maximum Gasteiger partial charge on any atom is 0.259 e. The molecule has 1 aliphatic carbocycles. The molecule has 2 aromatic heterocycles. The molecule has 1 N–H and O–H groups in total. The highest BCUT2D eigenvalue weighted by Crippen LogP contribution is 2.45. The van der Waals surface area contributed by atoms with E-state index in [4.69, 9.17) is 0 Å². The second-order valence-electron chi connectivity index (χ2n) is 8.70. The summed E-state index contributed by atoms with van der Waals surface area (Å²) in [5.74, 6) is -0.302. The molecule has 0 saturated carbocycles. The molecule has 0 bridgehead atoms. The van der Waals surface area contributed by atoms with Gasteiger partial charge in [0.25, 0.3) is 11.8 Å². The third kappa shape index (κ3) is 2.23. The molecule has 6 nitrogen and oxygen atoms in total. The number of nitriles is 1. The number of nitrogens with one attached hydrogen (secondary N) is 1. The Hall–Kier alpha value is -3.85. The van der Waals surface area contributed by atoms with E-state index in [2.05, 4.69) is 52.6 Å². The van der Waals surface area contributed by atoms with Gasteiger partial charge in [-0.1, -0.05) is 37.3 Å². The van der Waals surface area contributed by atoms with Crippen molar-refractivity contribution in [3.63, 3.8) is 0 Å². The van der Waals surface area contributed by atoms with Crippen LogP contribution in [-0.2, 0) is 19.5 Å². The van der Waals surface area contributed by atoms with Gasteiger partial charge in [0.05, 0.1) is 34.7 Å². The highest BCUT2D eigenvalue weighted by Gasteiger charge is 2.37. The SMILES string of the molecule is CCn1c2ccccc2c2c3c(c4c5c(n(CCC#N)c4c21)CC(C)C=C5)C(=O)NC3=O. The van der Waals surface area contributed by atoms with Gasteiger partial charge in [-0.05, 0) is 25.3 Å². The van der Waals surface area contributed by atoms with Crippen LogP contribution in [0.3, 0.4) is 0 Å². The topological polar surface area (TPSA) is 79.8 Å². The number of hydrogen-bond acceptors (Lipinski definition) is 3. The summed E-state index contributed by atoms with van der Waals surface area (Å²) in [4.78, 5) is 26.2. The zero-order valence-electron chi connectivity index (χ0n) is 18.0. The summed E-state index contributed by atoms with van der Waals surface area (Å²) in [6.07, 6.45) is 5.47. The number of allylic oxidation sites excluding steroid dienone is 1. The second kappa shape index (κ2) is 6.57. The lowest BCUT2D eigenvalue weighted by Gasteiger charge is -2.16. The molecule has 0 saturated heterocycles. The van der Waals surface area contributed by atoms with E-state index >= 15 is 0 Å². The van der Waals surface area contributed by atoms with E-state index in [1.165, 1.54) is 0 Å². The quantitative estimate of drug-likeness (QED) is 0.483. The number of amides is 2. The number of aromatic nitrogens is 2. The van der Waals surface area contributed by atoms with E-state index in [-0.39, 0.29) is 11.8 Å². The molecular weight excluding hydrogens is 400 g/mol. The van der Waals surface area contributed by atoms with Gasteiger partial charge in [0.2, 0.25) is 0 Å². The maximum atomic E-state index is 13.1. The molecule has 0 radical (unpaired) electrons. The molecular formula is C26H22N4O2. The maximum absolute atomic E-state index is 13.1.